The molecule has 0 radical (unpaired) electrons. The molecule has 0 aromatic rings. The van der Waals surface area contributed by atoms with Gasteiger partial charge in [0, 0.05) is 6.42 Å². The fourth-order valence-corrected chi connectivity index (χ4v) is 1.15. The molecule has 1 aliphatic carbocycles. The molecule has 1 saturated carbocycles. The largest absolute Gasteiger partial charge is 0.361 e. The van der Waals surface area contributed by atoms with E-state index in [0.29, 0.717) is 6.42 Å². The highest BCUT2D eigenvalue weighted by Crippen LogP contribution is 2.31. The van der Waals surface area contributed by atoms with Gasteiger partial charge in [0.25, 0.3) is 0 Å². The Balaban J connectivity index is 2.19. The van der Waals surface area contributed by atoms with Gasteiger partial charge in [-0.25, -0.2) is 0 Å². The highest BCUT2D eigenvalue weighted by atomic mass is 16.6. The Morgan fingerprint density at radius 3 is 2.89 bits per heavy atom. The number of carbonyl (C=O) groups excluding carboxylic acids is 2. The lowest BCUT2D eigenvalue weighted by Crippen LogP contribution is -2.25. The standard InChI is InChI=1S/C6H6O3/c7-3-1-2-4-6(9-4)5(3)8/h4,6H,1-2H2. The summed E-state index contributed by atoms with van der Waals surface area (Å²) in [6.07, 6.45) is 0.886. The Labute approximate surface area is 52.0 Å². The quantitative estimate of drug-likeness (QED) is 0.330. The second kappa shape index (κ2) is 1.42. The average Bonchev–Trinajstić information content (AvgIpc) is 2.58. The van der Waals surface area contributed by atoms with E-state index in [4.69, 9.17) is 4.74 Å². The lowest BCUT2D eigenvalue weighted by atomic mass is 9.98. The van der Waals surface area contributed by atoms with E-state index in [9.17, 15) is 9.59 Å². The number of epoxide rings is 1. The van der Waals surface area contributed by atoms with Crippen LogP contribution in [0, 0.1) is 0 Å². The van der Waals surface area contributed by atoms with Gasteiger partial charge in [0.2, 0.25) is 11.6 Å². The van der Waals surface area contributed by atoms with Gasteiger partial charge in [0.15, 0.2) is 6.10 Å². The summed E-state index contributed by atoms with van der Waals surface area (Å²) in [5, 5.41) is 0. The summed E-state index contributed by atoms with van der Waals surface area (Å²) in [7, 11) is 0. The molecule has 48 valence electrons. The molecule has 2 fully saturated rings. The number of ketones is 2. The maximum atomic E-state index is 10.7. The summed E-state index contributed by atoms with van der Waals surface area (Å²) in [4.78, 5) is 21.3. The fraction of sp³-hybridized carbons (Fsp3) is 0.667. The van der Waals surface area contributed by atoms with Crippen LogP contribution >= 0.6 is 0 Å². The van der Waals surface area contributed by atoms with Crippen molar-refractivity contribution in [2.45, 2.75) is 25.0 Å². The van der Waals surface area contributed by atoms with Crippen molar-refractivity contribution in [1.82, 2.24) is 0 Å². The van der Waals surface area contributed by atoms with Crippen LogP contribution in [0.25, 0.3) is 0 Å². The van der Waals surface area contributed by atoms with Crippen molar-refractivity contribution >= 4 is 11.6 Å². The van der Waals surface area contributed by atoms with Crippen molar-refractivity contribution < 1.29 is 14.3 Å². The zero-order valence-corrected chi connectivity index (χ0v) is 4.79. The summed E-state index contributed by atoms with van der Waals surface area (Å²) in [6, 6.07) is 0. The molecular formula is C6H6O3. The molecule has 0 aromatic heterocycles. The first kappa shape index (κ1) is 5.11. The van der Waals surface area contributed by atoms with E-state index in [-0.39, 0.29) is 23.8 Å². The van der Waals surface area contributed by atoms with Gasteiger partial charge >= 0.3 is 0 Å². The van der Waals surface area contributed by atoms with Gasteiger partial charge in [-0.1, -0.05) is 0 Å². The van der Waals surface area contributed by atoms with Gasteiger partial charge in [-0.05, 0) is 6.42 Å². The topological polar surface area (TPSA) is 46.7 Å². The molecule has 2 aliphatic rings. The molecule has 0 amide bonds. The van der Waals surface area contributed by atoms with Crippen molar-refractivity contribution in [3.8, 4) is 0 Å². The summed E-state index contributed by atoms with van der Waals surface area (Å²) in [5.41, 5.74) is 0. The molecular weight excluding hydrogens is 120 g/mol. The van der Waals surface area contributed by atoms with Crippen LogP contribution in [0.2, 0.25) is 0 Å². The first-order chi connectivity index (χ1) is 4.29. The van der Waals surface area contributed by atoms with E-state index >= 15 is 0 Å². The van der Waals surface area contributed by atoms with Gasteiger partial charge in [0.1, 0.15) is 0 Å². The lowest BCUT2D eigenvalue weighted by molar-refractivity contribution is -0.137. The molecule has 0 bridgehead atoms. The number of hydrogen-bond donors (Lipinski definition) is 0. The van der Waals surface area contributed by atoms with Crippen molar-refractivity contribution in [2.24, 2.45) is 0 Å². The second-order valence-electron chi connectivity index (χ2n) is 2.42. The molecule has 2 atom stereocenters. The van der Waals surface area contributed by atoms with E-state index in [1.54, 1.807) is 0 Å². The zero-order valence-electron chi connectivity index (χ0n) is 4.79. The Hall–Kier alpha value is -0.700. The lowest BCUT2D eigenvalue weighted by Gasteiger charge is -1.99. The van der Waals surface area contributed by atoms with Crippen LogP contribution in [0.3, 0.4) is 0 Å². The monoisotopic (exact) mass is 126 g/mol. The first-order valence-corrected chi connectivity index (χ1v) is 3.01. The average molecular weight is 126 g/mol. The molecule has 1 aliphatic heterocycles. The third kappa shape index (κ3) is 0.612. The van der Waals surface area contributed by atoms with Crippen molar-refractivity contribution in [2.75, 3.05) is 0 Å². The maximum Gasteiger partial charge on any atom is 0.229 e. The van der Waals surface area contributed by atoms with Crippen LogP contribution in [0.15, 0.2) is 0 Å². The third-order valence-corrected chi connectivity index (χ3v) is 1.77. The molecule has 3 nitrogen and oxygen atoms in total. The minimum absolute atomic E-state index is 0.0928. The molecule has 1 saturated heterocycles. The van der Waals surface area contributed by atoms with E-state index in [0.717, 1.165) is 6.42 Å². The maximum absolute atomic E-state index is 10.7. The van der Waals surface area contributed by atoms with Crippen molar-refractivity contribution in [1.29, 1.82) is 0 Å². The molecule has 1 heterocycles. The minimum atomic E-state index is -0.341. The van der Waals surface area contributed by atoms with E-state index in [2.05, 4.69) is 0 Å². The van der Waals surface area contributed by atoms with E-state index < -0.39 is 0 Å². The summed E-state index contributed by atoms with van der Waals surface area (Å²) < 4.78 is 4.89. The van der Waals surface area contributed by atoms with Gasteiger partial charge in [-0.2, -0.15) is 0 Å². The predicted octanol–water partition coefficient (Wildman–Crippen LogP) is -0.314. The Morgan fingerprint density at radius 2 is 2.22 bits per heavy atom. The second-order valence-corrected chi connectivity index (χ2v) is 2.42. The number of hydrogen-bond acceptors (Lipinski definition) is 3. The van der Waals surface area contributed by atoms with Gasteiger partial charge in [-0.15, -0.1) is 0 Å². The number of ether oxygens (including phenoxy) is 1. The summed E-state index contributed by atoms with van der Waals surface area (Å²) in [5.74, 6) is -0.569. The van der Waals surface area contributed by atoms with Crippen LogP contribution < -0.4 is 0 Å². The molecule has 0 N–H and O–H groups in total. The Kier molecular flexibility index (Phi) is 0.805. The molecule has 0 aromatic carbocycles. The van der Waals surface area contributed by atoms with Crippen LogP contribution in [-0.2, 0) is 14.3 Å². The van der Waals surface area contributed by atoms with Crippen LogP contribution in [0.4, 0.5) is 0 Å². The third-order valence-electron chi connectivity index (χ3n) is 1.77. The van der Waals surface area contributed by atoms with Crippen LogP contribution in [0.5, 0.6) is 0 Å². The molecule has 3 heteroatoms. The predicted molar refractivity (Wildman–Crippen MR) is 27.9 cm³/mol. The minimum Gasteiger partial charge on any atom is -0.361 e. The highest BCUT2D eigenvalue weighted by molar-refractivity contribution is 6.40. The Bertz CT molecular complexity index is 185. The summed E-state index contributed by atoms with van der Waals surface area (Å²) >= 11 is 0. The van der Waals surface area contributed by atoms with E-state index in [1.807, 2.05) is 0 Å². The Morgan fingerprint density at radius 1 is 1.44 bits per heavy atom. The molecule has 0 spiro atoms. The van der Waals surface area contributed by atoms with Gasteiger partial charge < -0.3 is 4.74 Å². The summed E-state index contributed by atoms with van der Waals surface area (Å²) in [6.45, 7) is 0. The van der Waals surface area contributed by atoms with Crippen molar-refractivity contribution in [3.05, 3.63) is 0 Å². The first-order valence-electron chi connectivity index (χ1n) is 3.01. The smallest absolute Gasteiger partial charge is 0.229 e. The van der Waals surface area contributed by atoms with Crippen LogP contribution in [-0.4, -0.2) is 23.8 Å². The van der Waals surface area contributed by atoms with E-state index in [1.165, 1.54) is 0 Å². The van der Waals surface area contributed by atoms with Crippen LogP contribution in [0.1, 0.15) is 12.8 Å². The van der Waals surface area contributed by atoms with Gasteiger partial charge in [0.05, 0.1) is 6.10 Å². The number of carbonyl (C=O) groups is 2. The number of rotatable bonds is 0. The SMILES string of the molecule is O=C1CCC2OC2C1=O. The number of Topliss-reactive ketones (excluding diaryl/α,β-unsaturated/α-hetero) is 2. The zero-order chi connectivity index (χ0) is 6.43. The highest BCUT2D eigenvalue weighted by Gasteiger charge is 2.50. The molecule has 2 unspecified atom stereocenters. The van der Waals surface area contributed by atoms with Gasteiger partial charge in [-0.3, -0.25) is 9.59 Å². The molecule has 9 heavy (non-hydrogen) atoms. The fourth-order valence-electron chi connectivity index (χ4n) is 1.15. The normalized spacial score (nSPS) is 40.4. The molecule has 2 rings (SSSR count). The number of fused-ring (bicyclic) bond motifs is 1. The van der Waals surface area contributed by atoms with Crippen molar-refractivity contribution in [3.63, 3.8) is 0 Å².